The topological polar surface area (TPSA) is 3.24 Å². The molecule has 0 radical (unpaired) electrons. The molecule has 3 heteroatoms. The Morgan fingerprint density at radius 1 is 1.25 bits per heavy atom. The van der Waals surface area contributed by atoms with E-state index in [0.717, 1.165) is 6.54 Å². The first-order chi connectivity index (χ1) is 3.77. The van der Waals surface area contributed by atoms with Crippen molar-refractivity contribution in [3.05, 3.63) is 0 Å². The van der Waals surface area contributed by atoms with E-state index in [9.17, 15) is 0 Å². The summed E-state index contributed by atoms with van der Waals surface area (Å²) in [5, 5.41) is 0. The summed E-state index contributed by atoms with van der Waals surface area (Å²) in [5.41, 5.74) is 0. The lowest BCUT2D eigenvalue weighted by atomic mass is 10.3. The van der Waals surface area contributed by atoms with Crippen LogP contribution < -0.4 is 0 Å². The Kier molecular flexibility index (Phi) is 6.74. The summed E-state index contributed by atoms with van der Waals surface area (Å²) in [7, 11) is 0. The van der Waals surface area contributed by atoms with Crippen LogP contribution >= 0.6 is 32.3 Å². The summed E-state index contributed by atoms with van der Waals surface area (Å²) in [4.78, 5) is 0. The van der Waals surface area contributed by atoms with E-state index in [-0.39, 0.29) is 0 Å². The van der Waals surface area contributed by atoms with Gasteiger partial charge < -0.3 is 0 Å². The highest BCUT2D eigenvalue weighted by molar-refractivity contribution is 9.21. The fourth-order valence-corrected chi connectivity index (χ4v) is 0.983. The lowest BCUT2D eigenvalue weighted by Crippen LogP contribution is -1.96. The third-order valence-corrected chi connectivity index (χ3v) is 1.64. The fraction of sp³-hybridized carbons (Fsp3) is 1.00. The van der Waals surface area contributed by atoms with Crippen LogP contribution in [0.5, 0.6) is 0 Å². The van der Waals surface area contributed by atoms with Crippen molar-refractivity contribution >= 4 is 32.3 Å². The molecule has 1 nitrogen and oxygen atoms in total. The van der Waals surface area contributed by atoms with Gasteiger partial charge in [0.15, 0.2) is 0 Å². The maximum Gasteiger partial charge on any atom is 0.0239 e. The Hall–Kier alpha value is 0.920. The van der Waals surface area contributed by atoms with E-state index in [0.29, 0.717) is 0 Å². The van der Waals surface area contributed by atoms with Gasteiger partial charge in [-0.3, -0.25) is 0 Å². The lowest BCUT2D eigenvalue weighted by molar-refractivity contribution is 0.647. The molecular weight excluding hydrogens is 234 g/mol. The minimum absolute atomic E-state index is 1.08. The maximum absolute atomic E-state index is 3.25. The fourth-order valence-electron chi connectivity index (χ4n) is 0.481. The van der Waals surface area contributed by atoms with Crippen LogP contribution in [-0.2, 0) is 0 Å². The van der Waals surface area contributed by atoms with Crippen molar-refractivity contribution in [3.8, 4) is 0 Å². The van der Waals surface area contributed by atoms with Crippen LogP contribution in [0.15, 0.2) is 0 Å². The number of rotatable bonds is 4. The molecule has 0 N–H and O–H groups in total. The Balaban J connectivity index is 2.72. The van der Waals surface area contributed by atoms with E-state index in [1.807, 2.05) is 2.95 Å². The first-order valence-electron chi connectivity index (χ1n) is 2.86. The van der Waals surface area contributed by atoms with Crippen molar-refractivity contribution in [2.75, 3.05) is 6.54 Å². The van der Waals surface area contributed by atoms with E-state index >= 15 is 0 Å². The van der Waals surface area contributed by atoms with Crippen LogP contribution in [0.2, 0.25) is 0 Å². The standard InChI is InChI=1S/C5H11Br2N/c1-2-3-4-5-8(6)7/h2-5H2,1H3. The van der Waals surface area contributed by atoms with E-state index in [1.54, 1.807) is 0 Å². The monoisotopic (exact) mass is 243 g/mol. The van der Waals surface area contributed by atoms with Gasteiger partial charge in [-0.15, -0.1) is 0 Å². The van der Waals surface area contributed by atoms with E-state index in [4.69, 9.17) is 0 Å². The van der Waals surface area contributed by atoms with Crippen molar-refractivity contribution in [2.45, 2.75) is 26.2 Å². The molecule has 0 fully saturated rings. The molecule has 8 heavy (non-hydrogen) atoms. The van der Waals surface area contributed by atoms with Crippen LogP contribution in [0.1, 0.15) is 26.2 Å². The van der Waals surface area contributed by atoms with Gasteiger partial charge in [0.1, 0.15) is 0 Å². The first-order valence-corrected chi connectivity index (χ1v) is 4.28. The van der Waals surface area contributed by atoms with Crippen LogP contribution in [0, 0.1) is 0 Å². The summed E-state index contributed by atoms with van der Waals surface area (Å²) in [5.74, 6) is 0. The Labute approximate surface area is 68.1 Å². The highest BCUT2D eigenvalue weighted by Gasteiger charge is 1.90. The highest BCUT2D eigenvalue weighted by atomic mass is 79.9. The van der Waals surface area contributed by atoms with Crippen molar-refractivity contribution in [1.82, 2.24) is 2.95 Å². The lowest BCUT2D eigenvalue weighted by Gasteiger charge is -2.01. The molecule has 0 saturated carbocycles. The van der Waals surface area contributed by atoms with E-state index in [2.05, 4.69) is 39.2 Å². The normalized spacial score (nSPS) is 10.5. The number of hydrogen-bond acceptors (Lipinski definition) is 1. The Morgan fingerprint density at radius 2 is 1.88 bits per heavy atom. The van der Waals surface area contributed by atoms with E-state index in [1.165, 1.54) is 19.3 Å². The third kappa shape index (κ3) is 6.92. The predicted octanol–water partition coefficient (Wildman–Crippen LogP) is 3.10. The van der Waals surface area contributed by atoms with Crippen molar-refractivity contribution in [2.24, 2.45) is 0 Å². The molecule has 0 bridgehead atoms. The summed E-state index contributed by atoms with van der Waals surface area (Å²) in [6, 6.07) is 0. The van der Waals surface area contributed by atoms with Gasteiger partial charge in [0.2, 0.25) is 0 Å². The molecule has 0 unspecified atom stereocenters. The Bertz CT molecular complexity index is 47.7. The van der Waals surface area contributed by atoms with Gasteiger partial charge in [0.25, 0.3) is 0 Å². The molecule has 0 atom stereocenters. The zero-order chi connectivity index (χ0) is 6.41. The summed E-state index contributed by atoms with van der Waals surface area (Å²) in [6.45, 7) is 3.28. The predicted molar refractivity (Wildman–Crippen MR) is 44.1 cm³/mol. The van der Waals surface area contributed by atoms with Crippen LogP contribution in [-0.4, -0.2) is 9.50 Å². The third-order valence-electron chi connectivity index (χ3n) is 0.931. The van der Waals surface area contributed by atoms with Crippen LogP contribution in [0.3, 0.4) is 0 Å². The second-order valence-corrected chi connectivity index (χ2v) is 4.40. The van der Waals surface area contributed by atoms with Crippen molar-refractivity contribution in [1.29, 1.82) is 0 Å². The molecule has 0 saturated heterocycles. The quantitative estimate of drug-likeness (QED) is 0.543. The molecule has 0 spiro atoms. The first kappa shape index (κ1) is 8.92. The molecule has 0 aliphatic rings. The summed E-state index contributed by atoms with van der Waals surface area (Å²) >= 11 is 6.51. The van der Waals surface area contributed by atoms with E-state index < -0.39 is 0 Å². The molecule has 0 aromatic carbocycles. The average molecular weight is 245 g/mol. The van der Waals surface area contributed by atoms with Gasteiger partial charge in [0, 0.05) is 38.8 Å². The number of hydrogen-bond donors (Lipinski definition) is 0. The molecule has 0 rings (SSSR count). The molecule has 0 aromatic rings. The van der Waals surface area contributed by atoms with Gasteiger partial charge in [-0.05, 0) is 6.42 Å². The van der Waals surface area contributed by atoms with Crippen LogP contribution in [0.4, 0.5) is 0 Å². The summed E-state index contributed by atoms with van der Waals surface area (Å²) in [6.07, 6.45) is 3.86. The summed E-state index contributed by atoms with van der Waals surface area (Å²) < 4.78 is 1.86. The zero-order valence-corrected chi connectivity index (χ0v) is 8.20. The molecular formula is C5H11Br2N. The number of unbranched alkanes of at least 4 members (excludes halogenated alkanes) is 2. The molecule has 0 aliphatic carbocycles. The smallest absolute Gasteiger partial charge is 0.0239 e. The SMILES string of the molecule is CCCCCN(Br)Br. The van der Waals surface area contributed by atoms with Gasteiger partial charge in [-0.2, -0.15) is 2.95 Å². The second kappa shape index (κ2) is 6.05. The zero-order valence-electron chi connectivity index (χ0n) is 5.03. The highest BCUT2D eigenvalue weighted by Crippen LogP contribution is 2.07. The molecule has 0 heterocycles. The van der Waals surface area contributed by atoms with Gasteiger partial charge >= 0.3 is 0 Å². The average Bonchev–Trinajstić information content (AvgIpc) is 1.66. The Morgan fingerprint density at radius 3 is 2.25 bits per heavy atom. The second-order valence-electron chi connectivity index (χ2n) is 1.73. The minimum Gasteiger partial charge on any atom is -0.178 e. The largest absolute Gasteiger partial charge is 0.178 e. The molecule has 0 aromatic heterocycles. The van der Waals surface area contributed by atoms with Crippen molar-refractivity contribution in [3.63, 3.8) is 0 Å². The molecule has 0 amide bonds. The molecule has 0 aliphatic heterocycles. The molecule has 50 valence electrons. The number of halogens is 2. The maximum atomic E-state index is 3.25. The van der Waals surface area contributed by atoms with Gasteiger partial charge in [0.05, 0.1) is 0 Å². The number of nitrogens with zero attached hydrogens (tertiary/aromatic N) is 1. The minimum atomic E-state index is 1.08. The van der Waals surface area contributed by atoms with Crippen molar-refractivity contribution < 1.29 is 0 Å². The van der Waals surface area contributed by atoms with Gasteiger partial charge in [-0.1, -0.05) is 19.8 Å². The van der Waals surface area contributed by atoms with Gasteiger partial charge in [-0.25, -0.2) is 0 Å². The van der Waals surface area contributed by atoms with Crippen LogP contribution in [0.25, 0.3) is 0 Å².